The van der Waals surface area contributed by atoms with Gasteiger partial charge in [0.2, 0.25) is 5.91 Å². The second-order valence-electron chi connectivity index (χ2n) is 4.93. The van der Waals surface area contributed by atoms with Crippen LogP contribution in [0.2, 0.25) is 0 Å². The minimum absolute atomic E-state index is 0.0453. The van der Waals surface area contributed by atoms with Gasteiger partial charge in [0.1, 0.15) is 0 Å². The van der Waals surface area contributed by atoms with Crippen molar-refractivity contribution in [1.82, 2.24) is 5.32 Å². The molecule has 0 bridgehead atoms. The van der Waals surface area contributed by atoms with E-state index in [2.05, 4.69) is 21.2 Å². The van der Waals surface area contributed by atoms with Crippen LogP contribution >= 0.6 is 15.9 Å². The van der Waals surface area contributed by atoms with Crippen LogP contribution in [0.3, 0.4) is 0 Å². The van der Waals surface area contributed by atoms with E-state index in [0.717, 1.165) is 10.0 Å². The number of aliphatic hydroxyl groups excluding tert-OH is 1. The summed E-state index contributed by atoms with van der Waals surface area (Å²) in [6.07, 6.45) is 3.25. The van der Waals surface area contributed by atoms with Gasteiger partial charge in [0, 0.05) is 29.1 Å². The monoisotopic (exact) mass is 311 g/mol. The van der Waals surface area contributed by atoms with Gasteiger partial charge in [-0.3, -0.25) is 4.79 Å². The van der Waals surface area contributed by atoms with E-state index in [1.165, 1.54) is 6.08 Å². The van der Waals surface area contributed by atoms with Gasteiger partial charge in [0.25, 0.3) is 0 Å². The van der Waals surface area contributed by atoms with Gasteiger partial charge in [0.15, 0.2) is 0 Å². The molecule has 0 heterocycles. The number of amides is 1. The van der Waals surface area contributed by atoms with Crippen molar-refractivity contribution in [2.75, 3.05) is 13.2 Å². The van der Waals surface area contributed by atoms with E-state index < -0.39 is 0 Å². The summed E-state index contributed by atoms with van der Waals surface area (Å²) in [6.45, 7) is 4.29. The molecule has 0 aromatic heterocycles. The van der Waals surface area contributed by atoms with Crippen molar-refractivity contribution in [3.05, 3.63) is 40.4 Å². The first-order chi connectivity index (χ1) is 8.43. The van der Waals surface area contributed by atoms with Crippen LogP contribution in [-0.4, -0.2) is 24.2 Å². The Morgan fingerprint density at radius 1 is 1.39 bits per heavy atom. The SMILES string of the molecule is CC(C)(CO)CNC(=O)/C=C/c1ccc(Br)cc1. The number of carbonyl (C=O) groups excluding carboxylic acids is 1. The highest BCUT2D eigenvalue weighted by atomic mass is 79.9. The molecule has 3 nitrogen and oxygen atoms in total. The summed E-state index contributed by atoms with van der Waals surface area (Å²) in [5.41, 5.74) is 0.677. The van der Waals surface area contributed by atoms with E-state index in [0.29, 0.717) is 6.54 Å². The van der Waals surface area contributed by atoms with Gasteiger partial charge in [0.05, 0.1) is 0 Å². The maximum absolute atomic E-state index is 11.6. The fourth-order valence-electron chi connectivity index (χ4n) is 1.19. The molecule has 18 heavy (non-hydrogen) atoms. The number of halogens is 1. The highest BCUT2D eigenvalue weighted by Gasteiger charge is 2.16. The van der Waals surface area contributed by atoms with Crippen LogP contribution in [-0.2, 0) is 4.79 Å². The summed E-state index contributed by atoms with van der Waals surface area (Å²) in [5, 5.41) is 11.8. The highest BCUT2D eigenvalue weighted by Crippen LogP contribution is 2.12. The highest BCUT2D eigenvalue weighted by molar-refractivity contribution is 9.10. The summed E-state index contributed by atoms with van der Waals surface area (Å²) >= 11 is 3.35. The molecule has 0 aliphatic heterocycles. The number of nitrogens with one attached hydrogen (secondary N) is 1. The Morgan fingerprint density at radius 2 is 2.00 bits per heavy atom. The van der Waals surface area contributed by atoms with Crippen molar-refractivity contribution in [2.45, 2.75) is 13.8 Å². The number of benzene rings is 1. The Bertz CT molecular complexity index is 424. The average molecular weight is 312 g/mol. The number of aliphatic hydroxyl groups is 1. The third-order valence-electron chi connectivity index (χ3n) is 2.47. The third-order valence-corrected chi connectivity index (χ3v) is 3.00. The van der Waals surface area contributed by atoms with E-state index >= 15 is 0 Å². The predicted molar refractivity (Wildman–Crippen MR) is 77.1 cm³/mol. The predicted octanol–water partition coefficient (Wildman–Crippen LogP) is 2.60. The number of rotatable bonds is 5. The Kier molecular flexibility index (Phi) is 5.56. The molecule has 0 aliphatic carbocycles. The molecule has 0 saturated carbocycles. The van der Waals surface area contributed by atoms with Crippen molar-refractivity contribution < 1.29 is 9.90 Å². The van der Waals surface area contributed by atoms with E-state index in [1.54, 1.807) is 6.08 Å². The first kappa shape index (κ1) is 14.9. The number of carbonyl (C=O) groups is 1. The molecule has 98 valence electrons. The van der Waals surface area contributed by atoms with Crippen LogP contribution in [0.5, 0.6) is 0 Å². The average Bonchev–Trinajstić information content (AvgIpc) is 2.36. The van der Waals surface area contributed by atoms with Crippen molar-refractivity contribution in [3.8, 4) is 0 Å². The number of hydrogen-bond donors (Lipinski definition) is 2. The van der Waals surface area contributed by atoms with Gasteiger partial charge in [-0.1, -0.05) is 41.9 Å². The van der Waals surface area contributed by atoms with E-state index in [1.807, 2.05) is 38.1 Å². The zero-order valence-electron chi connectivity index (χ0n) is 10.6. The second-order valence-corrected chi connectivity index (χ2v) is 5.84. The first-order valence-electron chi connectivity index (χ1n) is 5.75. The van der Waals surface area contributed by atoms with Crippen LogP contribution in [0.1, 0.15) is 19.4 Å². The van der Waals surface area contributed by atoms with Crippen molar-refractivity contribution >= 4 is 27.9 Å². The maximum atomic E-state index is 11.6. The zero-order chi connectivity index (χ0) is 13.6. The molecule has 2 N–H and O–H groups in total. The quantitative estimate of drug-likeness (QED) is 0.821. The maximum Gasteiger partial charge on any atom is 0.244 e. The molecule has 1 aromatic carbocycles. The molecule has 1 aromatic rings. The molecule has 0 saturated heterocycles. The summed E-state index contributed by atoms with van der Waals surface area (Å²) in [4.78, 5) is 11.6. The minimum atomic E-state index is -0.291. The van der Waals surface area contributed by atoms with Crippen LogP contribution in [0.25, 0.3) is 6.08 Å². The lowest BCUT2D eigenvalue weighted by molar-refractivity contribution is -0.116. The van der Waals surface area contributed by atoms with Gasteiger partial charge < -0.3 is 10.4 Å². The van der Waals surface area contributed by atoms with Gasteiger partial charge in [-0.15, -0.1) is 0 Å². The van der Waals surface area contributed by atoms with E-state index in [-0.39, 0.29) is 17.9 Å². The Morgan fingerprint density at radius 3 is 2.56 bits per heavy atom. The third kappa shape index (κ3) is 5.47. The summed E-state index contributed by atoms with van der Waals surface area (Å²) < 4.78 is 1.01. The largest absolute Gasteiger partial charge is 0.396 e. The van der Waals surface area contributed by atoms with Crippen molar-refractivity contribution in [2.24, 2.45) is 5.41 Å². The van der Waals surface area contributed by atoms with Crippen LogP contribution in [0.15, 0.2) is 34.8 Å². The molecule has 4 heteroatoms. The molecular formula is C14H18BrNO2. The molecule has 1 rings (SSSR count). The van der Waals surface area contributed by atoms with Crippen LogP contribution < -0.4 is 5.32 Å². The first-order valence-corrected chi connectivity index (χ1v) is 6.55. The lowest BCUT2D eigenvalue weighted by Gasteiger charge is -2.21. The second kappa shape index (κ2) is 6.71. The fourth-order valence-corrected chi connectivity index (χ4v) is 1.45. The van der Waals surface area contributed by atoms with Crippen molar-refractivity contribution in [3.63, 3.8) is 0 Å². The van der Waals surface area contributed by atoms with Crippen LogP contribution in [0.4, 0.5) is 0 Å². The Labute approximate surface area is 116 Å². The smallest absolute Gasteiger partial charge is 0.244 e. The summed E-state index contributed by atoms with van der Waals surface area (Å²) in [7, 11) is 0. The van der Waals surface area contributed by atoms with E-state index in [9.17, 15) is 4.79 Å². The van der Waals surface area contributed by atoms with Gasteiger partial charge in [-0.05, 0) is 23.8 Å². The topological polar surface area (TPSA) is 49.3 Å². The Hall–Kier alpha value is -1.13. The van der Waals surface area contributed by atoms with Gasteiger partial charge >= 0.3 is 0 Å². The molecule has 0 aliphatic rings. The molecule has 0 atom stereocenters. The lowest BCUT2D eigenvalue weighted by Crippen LogP contribution is -2.35. The minimum Gasteiger partial charge on any atom is -0.396 e. The Balaban J connectivity index is 2.47. The van der Waals surface area contributed by atoms with E-state index in [4.69, 9.17) is 5.11 Å². The van der Waals surface area contributed by atoms with Gasteiger partial charge in [-0.2, -0.15) is 0 Å². The standard InChI is InChI=1S/C14H18BrNO2/c1-14(2,10-17)9-16-13(18)8-5-11-3-6-12(15)7-4-11/h3-8,17H,9-10H2,1-2H3,(H,16,18)/b8-5+. The summed E-state index contributed by atoms with van der Waals surface area (Å²) in [5.74, 6) is -0.153. The van der Waals surface area contributed by atoms with Crippen LogP contribution in [0, 0.1) is 5.41 Å². The fraction of sp³-hybridized carbons (Fsp3) is 0.357. The molecule has 1 amide bonds. The molecule has 0 radical (unpaired) electrons. The van der Waals surface area contributed by atoms with Gasteiger partial charge in [-0.25, -0.2) is 0 Å². The number of hydrogen-bond acceptors (Lipinski definition) is 2. The molecular weight excluding hydrogens is 294 g/mol. The molecule has 0 spiro atoms. The normalized spacial score (nSPS) is 11.8. The molecule has 0 unspecified atom stereocenters. The summed E-state index contributed by atoms with van der Waals surface area (Å²) in [6, 6.07) is 7.69. The van der Waals surface area contributed by atoms with Crippen molar-refractivity contribution in [1.29, 1.82) is 0 Å². The zero-order valence-corrected chi connectivity index (χ0v) is 12.2. The molecule has 0 fully saturated rings. The lowest BCUT2D eigenvalue weighted by atomic mass is 9.95.